The number of rotatable bonds is 16. The van der Waals surface area contributed by atoms with E-state index in [9.17, 15) is 30.0 Å². The highest BCUT2D eigenvalue weighted by Crippen LogP contribution is 2.20. The maximum Gasteiger partial charge on any atom is 0.434 e. The van der Waals surface area contributed by atoms with Gasteiger partial charge in [0.1, 0.15) is 36.9 Å². The van der Waals surface area contributed by atoms with Gasteiger partial charge in [0.15, 0.2) is 0 Å². The molecule has 2 N–H and O–H groups in total. The Hall–Kier alpha value is -3.66. The number of nitro groups is 2. The van der Waals surface area contributed by atoms with E-state index < -0.39 is 33.0 Å². The molecule has 35 heavy (non-hydrogen) atoms. The van der Waals surface area contributed by atoms with Crippen molar-refractivity contribution in [3.63, 3.8) is 0 Å². The van der Waals surface area contributed by atoms with Gasteiger partial charge in [0.25, 0.3) is 0 Å². The number of hydrogen-bond donors (Lipinski definition) is 2. The molecule has 2 heterocycles. The fourth-order valence-electron chi connectivity index (χ4n) is 3.54. The Morgan fingerprint density at radius 1 is 0.857 bits per heavy atom. The molecule has 2 unspecified atom stereocenters. The number of nitroso groups, excluding NO2 is 2. The number of imidazole rings is 2. The van der Waals surface area contributed by atoms with Gasteiger partial charge in [-0.15, -0.1) is 0 Å². The summed E-state index contributed by atoms with van der Waals surface area (Å²) < 4.78 is 2.55. The first kappa shape index (κ1) is 27.6. The third kappa shape index (κ3) is 7.16. The molecule has 0 fully saturated rings. The molecule has 0 amide bonds. The molecule has 2 aromatic rings. The summed E-state index contributed by atoms with van der Waals surface area (Å²) >= 11 is 0. The molecule has 2 atom stereocenters. The third-order valence-corrected chi connectivity index (χ3v) is 5.89. The van der Waals surface area contributed by atoms with Gasteiger partial charge < -0.3 is 30.9 Å². The van der Waals surface area contributed by atoms with Crippen LogP contribution in [0.5, 0.6) is 0 Å². The van der Waals surface area contributed by atoms with Gasteiger partial charge >= 0.3 is 11.9 Å². The molecular weight excluding hydrogens is 464 g/mol. The molecule has 0 aliphatic carbocycles. The molecule has 192 valence electrons. The molecule has 16 heteroatoms. The lowest BCUT2D eigenvalue weighted by Crippen LogP contribution is -2.52. The predicted molar refractivity (Wildman–Crippen MR) is 126 cm³/mol. The second-order valence-electron chi connectivity index (χ2n) is 9.17. The molecule has 0 bridgehead atoms. The zero-order valence-electron chi connectivity index (χ0n) is 20.0. The number of hydrogen-bond acceptors (Lipinski definition) is 12. The van der Waals surface area contributed by atoms with Crippen LogP contribution in [0.1, 0.15) is 34.1 Å². The summed E-state index contributed by atoms with van der Waals surface area (Å²) in [4.78, 5) is 51.2. The minimum Gasteiger partial charge on any atom is -0.390 e. The standard InChI is InChI=1S/C19H30N10O6/c1-18(2,14(24-30)12-26-10-8-20-16(26)28(32)33)22-6-5-7-23-19(3,4)15(25-31)13-27-11-9-21-17(27)29(34)35/h8-11,14-15,22-23H,5-7,12-13H2,1-4H3. The van der Waals surface area contributed by atoms with E-state index in [0.717, 1.165) is 0 Å². The molecule has 2 aromatic heterocycles. The molecule has 0 radical (unpaired) electrons. The Morgan fingerprint density at radius 2 is 1.23 bits per heavy atom. The Morgan fingerprint density at radius 3 is 1.54 bits per heavy atom. The quantitative estimate of drug-likeness (QED) is 0.150. The Bertz CT molecular complexity index is 953. The van der Waals surface area contributed by atoms with Crippen molar-refractivity contribution in [2.24, 2.45) is 10.4 Å². The summed E-state index contributed by atoms with van der Waals surface area (Å²) in [5.41, 5.74) is -1.52. The van der Waals surface area contributed by atoms with Gasteiger partial charge in [0, 0.05) is 11.1 Å². The summed E-state index contributed by atoms with van der Waals surface area (Å²) in [6.45, 7) is 8.09. The highest BCUT2D eigenvalue weighted by atomic mass is 16.6. The largest absolute Gasteiger partial charge is 0.434 e. The lowest BCUT2D eigenvalue weighted by atomic mass is 9.94. The van der Waals surface area contributed by atoms with Gasteiger partial charge in [-0.25, -0.2) is 9.13 Å². The second-order valence-corrected chi connectivity index (χ2v) is 9.17. The molecule has 16 nitrogen and oxygen atoms in total. The minimum atomic E-state index is -0.797. The number of nitrogens with one attached hydrogen (secondary N) is 2. The van der Waals surface area contributed by atoms with E-state index in [0.29, 0.717) is 19.5 Å². The topological polar surface area (TPSA) is 205 Å². The first-order chi connectivity index (χ1) is 16.4. The van der Waals surface area contributed by atoms with Gasteiger partial charge in [-0.05, 0) is 57.1 Å². The van der Waals surface area contributed by atoms with Crippen molar-refractivity contribution in [2.75, 3.05) is 13.1 Å². The van der Waals surface area contributed by atoms with E-state index in [1.807, 2.05) is 0 Å². The molecule has 0 spiro atoms. The SMILES string of the molecule is CC(C)(NCCCNC(C)(C)C(Cn1ccnc1[N+](=O)[O-])N=O)C(Cn1ccnc1[N+](=O)[O-])N=O. The van der Waals surface area contributed by atoms with Crippen LogP contribution in [0.3, 0.4) is 0 Å². The van der Waals surface area contributed by atoms with Crippen molar-refractivity contribution in [1.29, 1.82) is 0 Å². The van der Waals surface area contributed by atoms with Gasteiger partial charge in [-0.3, -0.25) is 0 Å². The molecule has 0 saturated heterocycles. The summed E-state index contributed by atoms with van der Waals surface area (Å²) in [6.07, 6.45) is 6.05. The first-order valence-electron chi connectivity index (χ1n) is 10.9. The zero-order chi connectivity index (χ0) is 26.2. The monoisotopic (exact) mass is 494 g/mol. The maximum absolute atomic E-state index is 11.5. The maximum atomic E-state index is 11.5. The van der Waals surface area contributed by atoms with Gasteiger partial charge in [0.2, 0.25) is 0 Å². The second kappa shape index (κ2) is 11.7. The minimum absolute atomic E-state index is 0.00182. The molecule has 0 aromatic carbocycles. The summed E-state index contributed by atoms with van der Waals surface area (Å²) in [5.74, 6) is -0.722. The Kier molecular flexibility index (Phi) is 9.18. The van der Waals surface area contributed by atoms with E-state index in [-0.39, 0.29) is 25.0 Å². The van der Waals surface area contributed by atoms with E-state index in [2.05, 4.69) is 31.0 Å². The van der Waals surface area contributed by atoms with E-state index in [1.54, 1.807) is 27.7 Å². The molecule has 0 saturated carbocycles. The average Bonchev–Trinajstić information content (AvgIpc) is 3.44. The van der Waals surface area contributed by atoms with Crippen LogP contribution in [-0.2, 0) is 13.1 Å². The van der Waals surface area contributed by atoms with Gasteiger partial charge in [-0.2, -0.15) is 9.81 Å². The summed E-state index contributed by atoms with van der Waals surface area (Å²) in [5, 5.41) is 34.9. The Balaban J connectivity index is 1.87. The van der Waals surface area contributed by atoms with Gasteiger partial charge in [0.05, 0.1) is 13.1 Å². The summed E-state index contributed by atoms with van der Waals surface area (Å²) in [7, 11) is 0. The van der Waals surface area contributed by atoms with Crippen LogP contribution in [0, 0.1) is 30.0 Å². The summed E-state index contributed by atoms with van der Waals surface area (Å²) in [6, 6.07) is -1.59. The predicted octanol–water partition coefficient (Wildman–Crippen LogP) is 1.99. The van der Waals surface area contributed by atoms with Crippen molar-refractivity contribution < 1.29 is 9.85 Å². The van der Waals surface area contributed by atoms with Crippen LogP contribution in [0.25, 0.3) is 0 Å². The Labute approximate surface area is 200 Å². The highest BCUT2D eigenvalue weighted by Gasteiger charge is 2.35. The molecule has 2 rings (SSSR count). The lowest BCUT2D eigenvalue weighted by molar-refractivity contribution is -0.397. The molecule has 0 aliphatic heterocycles. The highest BCUT2D eigenvalue weighted by molar-refractivity contribution is 5.09. The first-order valence-corrected chi connectivity index (χ1v) is 10.9. The number of nitrogens with zero attached hydrogens (tertiary/aromatic N) is 8. The van der Waals surface area contributed by atoms with Crippen molar-refractivity contribution in [3.05, 3.63) is 54.8 Å². The van der Waals surface area contributed by atoms with E-state index >= 15 is 0 Å². The van der Waals surface area contributed by atoms with Crippen molar-refractivity contribution >= 4 is 11.9 Å². The van der Waals surface area contributed by atoms with Crippen LogP contribution >= 0.6 is 0 Å². The van der Waals surface area contributed by atoms with E-state index in [1.165, 1.54) is 33.9 Å². The smallest absolute Gasteiger partial charge is 0.390 e. The molecular formula is C19H30N10O6. The fraction of sp³-hybridized carbons (Fsp3) is 0.684. The van der Waals surface area contributed by atoms with Crippen molar-refractivity contribution in [1.82, 2.24) is 29.7 Å². The number of aromatic nitrogens is 4. The average molecular weight is 495 g/mol. The van der Waals surface area contributed by atoms with Crippen LogP contribution in [-0.4, -0.2) is 65.2 Å². The fourth-order valence-corrected chi connectivity index (χ4v) is 3.54. The lowest BCUT2D eigenvalue weighted by Gasteiger charge is -2.32. The van der Waals surface area contributed by atoms with Crippen molar-refractivity contribution in [2.45, 2.75) is 70.4 Å². The van der Waals surface area contributed by atoms with Crippen LogP contribution in [0.4, 0.5) is 11.9 Å². The van der Waals surface area contributed by atoms with Crippen molar-refractivity contribution in [3.8, 4) is 0 Å². The normalized spacial score (nSPS) is 13.8. The third-order valence-electron chi connectivity index (χ3n) is 5.89. The zero-order valence-corrected chi connectivity index (χ0v) is 20.0. The molecule has 0 aliphatic rings. The van der Waals surface area contributed by atoms with Crippen LogP contribution < -0.4 is 10.6 Å². The van der Waals surface area contributed by atoms with Crippen LogP contribution in [0.15, 0.2) is 35.1 Å². The van der Waals surface area contributed by atoms with Crippen LogP contribution in [0.2, 0.25) is 0 Å². The van der Waals surface area contributed by atoms with E-state index in [4.69, 9.17) is 0 Å². The van der Waals surface area contributed by atoms with Gasteiger partial charge in [-0.1, -0.05) is 20.3 Å².